The van der Waals surface area contributed by atoms with Crippen molar-refractivity contribution in [3.8, 4) is 6.07 Å². The van der Waals surface area contributed by atoms with Crippen LogP contribution in [0.5, 0.6) is 0 Å². The van der Waals surface area contributed by atoms with E-state index in [0.717, 1.165) is 24.4 Å². The van der Waals surface area contributed by atoms with Crippen LogP contribution in [0.3, 0.4) is 0 Å². The number of aromatic nitrogens is 1. The maximum atomic E-state index is 8.84. The first-order valence-electron chi connectivity index (χ1n) is 5.66. The predicted molar refractivity (Wildman–Crippen MR) is 61.4 cm³/mol. The largest absolute Gasteiger partial charge is 0.310 e. The van der Waals surface area contributed by atoms with E-state index in [4.69, 9.17) is 5.26 Å². The maximum Gasteiger partial charge on any atom is 0.101 e. The van der Waals surface area contributed by atoms with Crippen LogP contribution >= 0.6 is 0 Å². The van der Waals surface area contributed by atoms with E-state index in [0.29, 0.717) is 11.6 Å². The Bertz CT molecular complexity index is 484. The highest BCUT2D eigenvalue weighted by atomic mass is 15.0. The summed E-state index contributed by atoms with van der Waals surface area (Å²) >= 11 is 0. The Morgan fingerprint density at radius 3 is 3.06 bits per heavy atom. The van der Waals surface area contributed by atoms with Gasteiger partial charge in [0.2, 0.25) is 0 Å². The highest BCUT2D eigenvalue weighted by Gasteiger charge is 2.31. The van der Waals surface area contributed by atoms with Crippen LogP contribution in [0.25, 0.3) is 5.57 Å². The number of nitriles is 1. The summed E-state index contributed by atoms with van der Waals surface area (Å²) in [5.74, 6) is 0.829. The highest BCUT2D eigenvalue weighted by molar-refractivity contribution is 5.67. The van der Waals surface area contributed by atoms with E-state index in [1.807, 2.05) is 12.3 Å². The summed E-state index contributed by atoms with van der Waals surface area (Å²) in [6.45, 7) is 1.16. The van der Waals surface area contributed by atoms with Crippen molar-refractivity contribution in [1.29, 1.82) is 5.26 Å². The van der Waals surface area contributed by atoms with Gasteiger partial charge in [0.1, 0.15) is 6.07 Å². The SMILES string of the molecule is N#Cc1cncc(C2=CC3NCC3CC2)c1. The molecule has 80 valence electrons. The monoisotopic (exact) mass is 211 g/mol. The molecule has 2 aliphatic rings. The van der Waals surface area contributed by atoms with Crippen LogP contribution in [0.15, 0.2) is 24.5 Å². The molecule has 0 bridgehead atoms. The number of rotatable bonds is 1. The fraction of sp³-hybridized carbons (Fsp3) is 0.385. The first-order valence-corrected chi connectivity index (χ1v) is 5.66. The molecule has 0 radical (unpaired) electrons. The van der Waals surface area contributed by atoms with Gasteiger partial charge in [0.05, 0.1) is 5.56 Å². The van der Waals surface area contributed by atoms with Gasteiger partial charge >= 0.3 is 0 Å². The van der Waals surface area contributed by atoms with Crippen molar-refractivity contribution in [3.05, 3.63) is 35.7 Å². The molecule has 0 amide bonds. The third-order valence-electron chi connectivity index (χ3n) is 3.53. The summed E-state index contributed by atoms with van der Waals surface area (Å²) in [5.41, 5.74) is 3.08. The Morgan fingerprint density at radius 1 is 1.44 bits per heavy atom. The van der Waals surface area contributed by atoms with Crippen LogP contribution in [-0.4, -0.2) is 17.6 Å². The van der Waals surface area contributed by atoms with Crippen LogP contribution in [0.4, 0.5) is 0 Å². The molecule has 1 fully saturated rings. The number of nitrogens with zero attached hydrogens (tertiary/aromatic N) is 2. The van der Waals surface area contributed by atoms with E-state index < -0.39 is 0 Å². The molecular weight excluding hydrogens is 198 g/mol. The Hall–Kier alpha value is -1.66. The standard InChI is InChI=1S/C13H13N3/c14-5-9-3-12(7-15-6-9)10-1-2-11-8-16-13(11)4-10/h3-4,6-7,11,13,16H,1-2,8H2. The quantitative estimate of drug-likeness (QED) is 0.769. The zero-order valence-corrected chi connectivity index (χ0v) is 8.98. The second kappa shape index (κ2) is 3.73. The third-order valence-corrected chi connectivity index (χ3v) is 3.53. The zero-order valence-electron chi connectivity index (χ0n) is 8.98. The van der Waals surface area contributed by atoms with Gasteiger partial charge in [-0.05, 0) is 36.0 Å². The van der Waals surface area contributed by atoms with Crippen LogP contribution in [0.1, 0.15) is 24.0 Å². The molecule has 0 spiro atoms. The van der Waals surface area contributed by atoms with Crippen LogP contribution in [0, 0.1) is 17.2 Å². The molecule has 0 saturated carbocycles. The van der Waals surface area contributed by atoms with Gasteiger partial charge in [-0.25, -0.2) is 0 Å². The number of allylic oxidation sites excluding steroid dienone is 1. The number of hydrogen-bond donors (Lipinski definition) is 1. The molecule has 2 unspecified atom stereocenters. The van der Waals surface area contributed by atoms with Crippen molar-refractivity contribution >= 4 is 5.57 Å². The molecule has 1 N–H and O–H groups in total. The summed E-state index contributed by atoms with van der Waals surface area (Å²) < 4.78 is 0. The van der Waals surface area contributed by atoms with Crippen molar-refractivity contribution in [1.82, 2.24) is 10.3 Å². The Labute approximate surface area is 94.8 Å². The molecular formula is C13H13N3. The fourth-order valence-electron chi connectivity index (χ4n) is 2.46. The summed E-state index contributed by atoms with van der Waals surface area (Å²) in [5, 5.41) is 12.3. The van der Waals surface area contributed by atoms with Crippen molar-refractivity contribution in [2.24, 2.45) is 5.92 Å². The number of pyridine rings is 1. The number of nitrogens with one attached hydrogen (secondary N) is 1. The topological polar surface area (TPSA) is 48.7 Å². The number of hydrogen-bond acceptors (Lipinski definition) is 3. The molecule has 2 atom stereocenters. The average Bonchev–Trinajstić information content (AvgIpc) is 2.31. The molecule has 1 aliphatic heterocycles. The minimum Gasteiger partial charge on any atom is -0.310 e. The molecule has 1 aromatic rings. The maximum absolute atomic E-state index is 8.84. The van der Waals surface area contributed by atoms with E-state index in [1.54, 1.807) is 6.20 Å². The summed E-state index contributed by atoms with van der Waals surface area (Å²) in [6, 6.07) is 4.61. The lowest BCUT2D eigenvalue weighted by molar-refractivity contribution is 0.256. The second-order valence-electron chi connectivity index (χ2n) is 4.50. The van der Waals surface area contributed by atoms with Crippen LogP contribution in [0.2, 0.25) is 0 Å². The Morgan fingerprint density at radius 2 is 2.38 bits per heavy atom. The van der Waals surface area contributed by atoms with Gasteiger partial charge in [-0.1, -0.05) is 6.08 Å². The predicted octanol–water partition coefficient (Wildman–Crippen LogP) is 1.72. The normalized spacial score (nSPS) is 27.3. The first-order chi connectivity index (χ1) is 7.86. The molecule has 1 saturated heterocycles. The van der Waals surface area contributed by atoms with Crippen molar-refractivity contribution in [2.75, 3.05) is 6.54 Å². The van der Waals surface area contributed by atoms with Crippen molar-refractivity contribution < 1.29 is 0 Å². The van der Waals surface area contributed by atoms with E-state index in [2.05, 4.69) is 22.4 Å². The van der Waals surface area contributed by atoms with Gasteiger partial charge < -0.3 is 5.32 Å². The van der Waals surface area contributed by atoms with E-state index >= 15 is 0 Å². The number of fused-ring (bicyclic) bond motifs is 1. The molecule has 0 aromatic carbocycles. The lowest BCUT2D eigenvalue weighted by atomic mass is 9.79. The lowest BCUT2D eigenvalue weighted by Gasteiger charge is -2.40. The van der Waals surface area contributed by atoms with Gasteiger partial charge in [0.25, 0.3) is 0 Å². The van der Waals surface area contributed by atoms with Crippen molar-refractivity contribution in [2.45, 2.75) is 18.9 Å². The summed E-state index contributed by atoms with van der Waals surface area (Å²) in [7, 11) is 0. The van der Waals surface area contributed by atoms with E-state index in [9.17, 15) is 0 Å². The molecule has 3 heteroatoms. The molecule has 2 heterocycles. The summed E-state index contributed by atoms with van der Waals surface area (Å²) in [6.07, 6.45) is 8.12. The smallest absolute Gasteiger partial charge is 0.101 e. The average molecular weight is 211 g/mol. The molecule has 16 heavy (non-hydrogen) atoms. The lowest BCUT2D eigenvalue weighted by Crippen LogP contribution is -2.52. The highest BCUT2D eigenvalue weighted by Crippen LogP contribution is 2.33. The molecule has 1 aromatic heterocycles. The Balaban J connectivity index is 1.92. The van der Waals surface area contributed by atoms with Gasteiger partial charge in [-0.3, -0.25) is 4.98 Å². The fourth-order valence-corrected chi connectivity index (χ4v) is 2.46. The second-order valence-corrected chi connectivity index (χ2v) is 4.50. The molecule has 3 nitrogen and oxygen atoms in total. The minimum absolute atomic E-state index is 0.550. The van der Waals surface area contributed by atoms with Gasteiger partial charge in [0, 0.05) is 25.0 Å². The van der Waals surface area contributed by atoms with E-state index in [1.165, 1.54) is 12.0 Å². The van der Waals surface area contributed by atoms with Crippen LogP contribution in [-0.2, 0) is 0 Å². The van der Waals surface area contributed by atoms with Crippen LogP contribution < -0.4 is 5.32 Å². The summed E-state index contributed by atoms with van der Waals surface area (Å²) in [4.78, 5) is 4.11. The van der Waals surface area contributed by atoms with Gasteiger partial charge in [-0.2, -0.15) is 5.26 Å². The minimum atomic E-state index is 0.550. The molecule has 3 rings (SSSR count). The Kier molecular flexibility index (Phi) is 2.23. The zero-order chi connectivity index (χ0) is 11.0. The van der Waals surface area contributed by atoms with Crippen molar-refractivity contribution in [3.63, 3.8) is 0 Å². The molecule has 1 aliphatic carbocycles. The van der Waals surface area contributed by atoms with Gasteiger partial charge in [-0.15, -0.1) is 0 Å². The third kappa shape index (κ3) is 1.52. The van der Waals surface area contributed by atoms with E-state index in [-0.39, 0.29) is 0 Å². The van der Waals surface area contributed by atoms with Gasteiger partial charge in [0.15, 0.2) is 0 Å². The first kappa shape index (κ1) is 9.56.